The van der Waals surface area contributed by atoms with E-state index in [1.807, 2.05) is 21.7 Å². The van der Waals surface area contributed by atoms with Crippen LogP contribution in [0.4, 0.5) is 0 Å². The number of hydrogen-bond donors (Lipinski definition) is 0. The Kier molecular flexibility index (Phi) is 1.30. The van der Waals surface area contributed by atoms with Crippen molar-refractivity contribution in [2.45, 2.75) is 31.7 Å². The molecule has 0 radical (unpaired) electrons. The van der Waals surface area contributed by atoms with E-state index in [9.17, 15) is 4.79 Å². The summed E-state index contributed by atoms with van der Waals surface area (Å²) in [4.78, 5) is 10.8. The maximum atomic E-state index is 10.8. The molecule has 0 saturated carbocycles. The van der Waals surface area contributed by atoms with E-state index in [4.69, 9.17) is 4.74 Å². The van der Waals surface area contributed by atoms with Gasteiger partial charge >= 0.3 is 5.97 Å². The third-order valence-electron chi connectivity index (χ3n) is 1.58. The van der Waals surface area contributed by atoms with Crippen molar-refractivity contribution in [3.8, 4) is 0 Å². The average molecular weight is 126 g/mol. The van der Waals surface area contributed by atoms with Gasteiger partial charge in [-0.25, -0.2) is 0 Å². The van der Waals surface area contributed by atoms with Gasteiger partial charge in [0.25, 0.3) is 0 Å². The first-order chi connectivity index (χ1) is 4.01. The first kappa shape index (κ1) is 6.65. The van der Waals surface area contributed by atoms with Crippen molar-refractivity contribution in [2.75, 3.05) is 0 Å². The first-order valence-electron chi connectivity index (χ1n) is 3.24. The summed E-state index contributed by atoms with van der Waals surface area (Å²) in [5, 5.41) is 0. The molecule has 1 aliphatic rings. The van der Waals surface area contributed by atoms with Crippen molar-refractivity contribution in [2.24, 2.45) is 0 Å². The normalized spacial score (nSPS) is 32.2. The fourth-order valence-electron chi connectivity index (χ4n) is 1.24. The minimum absolute atomic E-state index is 0.0556. The lowest BCUT2D eigenvalue weighted by atomic mass is 9.82. The number of esters is 1. The van der Waals surface area contributed by atoms with Crippen LogP contribution in [0.1, 0.15) is 20.3 Å². The molecule has 0 aromatic heterocycles. The zero-order valence-electron chi connectivity index (χ0n) is 6.10. The van der Waals surface area contributed by atoms with Gasteiger partial charge in [0.05, 0.1) is 0 Å². The van der Waals surface area contributed by atoms with Crippen LogP contribution < -0.4 is 0 Å². The van der Waals surface area contributed by atoms with Gasteiger partial charge in [0.15, 0.2) is 0 Å². The predicted octanol–water partition coefficient (Wildman–Crippen LogP) is 0.133. The first-order valence-corrected chi connectivity index (χ1v) is 3.24. The highest BCUT2D eigenvalue weighted by molar-refractivity contribution is 6.23. The van der Waals surface area contributed by atoms with Gasteiger partial charge in [-0.05, 0) is 20.3 Å². The van der Waals surface area contributed by atoms with Crippen LogP contribution in [0, 0.1) is 0 Å². The molecule has 3 heteroatoms. The minimum Gasteiger partial charge on any atom is -0.460 e. The van der Waals surface area contributed by atoms with E-state index in [1.165, 1.54) is 0 Å². The Morgan fingerprint density at radius 3 is 2.44 bits per heavy atom. The molecule has 1 heterocycles. The second-order valence-electron chi connectivity index (χ2n) is 3.29. The highest BCUT2D eigenvalue weighted by atomic mass is 16.6. The summed E-state index contributed by atoms with van der Waals surface area (Å²) >= 11 is 0. The second kappa shape index (κ2) is 1.76. The summed E-state index contributed by atoms with van der Waals surface area (Å²) in [6.45, 7) is 3.88. The summed E-state index contributed by atoms with van der Waals surface area (Å²) < 4.78 is 5.02. The van der Waals surface area contributed by atoms with Crippen LogP contribution in [0.2, 0.25) is 5.82 Å². The van der Waals surface area contributed by atoms with Gasteiger partial charge < -0.3 is 4.74 Å². The molecule has 1 rings (SSSR count). The van der Waals surface area contributed by atoms with Crippen LogP contribution in [0.5, 0.6) is 0 Å². The van der Waals surface area contributed by atoms with Crippen molar-refractivity contribution in [1.82, 2.24) is 0 Å². The van der Waals surface area contributed by atoms with Crippen molar-refractivity contribution in [1.29, 1.82) is 0 Å². The Morgan fingerprint density at radius 1 is 1.78 bits per heavy atom. The lowest BCUT2D eigenvalue weighted by Crippen LogP contribution is -2.17. The zero-order chi connectivity index (χ0) is 7.07. The molecular formula is C6H11BO2. The Bertz CT molecular complexity index is 142. The molecule has 0 N–H and O–H groups in total. The molecule has 0 aromatic rings. The maximum absolute atomic E-state index is 10.8. The number of ether oxygens (including phenoxy) is 1. The smallest absolute Gasteiger partial charge is 0.301 e. The molecule has 1 fully saturated rings. The molecule has 1 atom stereocenters. The molecule has 2 nitrogen and oxygen atoms in total. The average Bonchev–Trinajstić information content (AvgIpc) is 1.79. The van der Waals surface area contributed by atoms with Gasteiger partial charge in [0, 0.05) is 5.82 Å². The molecule has 0 amide bonds. The number of hydrogen-bond acceptors (Lipinski definition) is 2. The standard InChI is InChI=1S/C6H11BO2/c1-6(2)3-4(7)5(8)9-6/h4H,3,7H2,1-2H3. The van der Waals surface area contributed by atoms with Crippen LogP contribution in [0.3, 0.4) is 0 Å². The topological polar surface area (TPSA) is 26.3 Å². The molecule has 9 heavy (non-hydrogen) atoms. The highest BCUT2D eigenvalue weighted by Crippen LogP contribution is 2.31. The molecule has 1 unspecified atom stereocenters. The zero-order valence-corrected chi connectivity index (χ0v) is 6.10. The third-order valence-corrected chi connectivity index (χ3v) is 1.58. The van der Waals surface area contributed by atoms with Gasteiger partial charge in [0.1, 0.15) is 13.4 Å². The summed E-state index contributed by atoms with van der Waals surface area (Å²) in [6, 6.07) is 0. The van der Waals surface area contributed by atoms with Crippen molar-refractivity contribution in [3.63, 3.8) is 0 Å². The van der Waals surface area contributed by atoms with Crippen LogP contribution in [0.15, 0.2) is 0 Å². The molecule has 0 bridgehead atoms. The molecule has 0 aliphatic carbocycles. The summed E-state index contributed by atoms with van der Waals surface area (Å²) in [5.74, 6) is 0.0417. The molecule has 1 saturated heterocycles. The second-order valence-corrected chi connectivity index (χ2v) is 3.29. The number of carbonyl (C=O) groups excluding carboxylic acids is 1. The maximum Gasteiger partial charge on any atom is 0.301 e. The highest BCUT2D eigenvalue weighted by Gasteiger charge is 2.36. The van der Waals surface area contributed by atoms with Gasteiger partial charge in [-0.15, -0.1) is 0 Å². The van der Waals surface area contributed by atoms with Crippen molar-refractivity contribution >= 4 is 13.8 Å². The van der Waals surface area contributed by atoms with Gasteiger partial charge in [-0.3, -0.25) is 4.79 Å². The molecule has 0 spiro atoms. The fourth-order valence-corrected chi connectivity index (χ4v) is 1.24. The van der Waals surface area contributed by atoms with Crippen LogP contribution in [-0.2, 0) is 9.53 Å². The third kappa shape index (κ3) is 1.26. The largest absolute Gasteiger partial charge is 0.460 e. The van der Waals surface area contributed by atoms with E-state index in [-0.39, 0.29) is 17.4 Å². The van der Waals surface area contributed by atoms with Crippen LogP contribution >= 0.6 is 0 Å². The van der Waals surface area contributed by atoms with E-state index in [0.29, 0.717) is 0 Å². The lowest BCUT2D eigenvalue weighted by Gasteiger charge is -2.14. The SMILES string of the molecule is BC1CC(C)(C)OC1=O. The Balaban J connectivity index is 2.65. The molecule has 0 aromatic carbocycles. The van der Waals surface area contributed by atoms with E-state index < -0.39 is 0 Å². The van der Waals surface area contributed by atoms with Crippen molar-refractivity contribution < 1.29 is 9.53 Å². The quantitative estimate of drug-likeness (QED) is 0.340. The van der Waals surface area contributed by atoms with E-state index in [1.54, 1.807) is 0 Å². The molecular weight excluding hydrogens is 115 g/mol. The molecule has 50 valence electrons. The monoisotopic (exact) mass is 126 g/mol. The Hall–Kier alpha value is -0.465. The summed E-state index contributed by atoms with van der Waals surface area (Å²) in [6.07, 6.45) is 0.853. The van der Waals surface area contributed by atoms with Crippen molar-refractivity contribution in [3.05, 3.63) is 0 Å². The van der Waals surface area contributed by atoms with Gasteiger partial charge in [-0.1, -0.05) is 0 Å². The van der Waals surface area contributed by atoms with E-state index in [2.05, 4.69) is 0 Å². The number of cyclic esters (lactones) is 1. The molecule has 1 aliphatic heterocycles. The van der Waals surface area contributed by atoms with E-state index in [0.717, 1.165) is 6.42 Å². The summed E-state index contributed by atoms with van der Waals surface area (Å²) in [5.41, 5.74) is -0.212. The minimum atomic E-state index is -0.212. The Morgan fingerprint density at radius 2 is 2.33 bits per heavy atom. The van der Waals surface area contributed by atoms with Gasteiger partial charge in [0.2, 0.25) is 0 Å². The van der Waals surface area contributed by atoms with E-state index >= 15 is 0 Å². The van der Waals surface area contributed by atoms with Crippen LogP contribution in [0.25, 0.3) is 0 Å². The lowest BCUT2D eigenvalue weighted by molar-refractivity contribution is -0.145. The van der Waals surface area contributed by atoms with Gasteiger partial charge in [-0.2, -0.15) is 0 Å². The van der Waals surface area contributed by atoms with Crippen LogP contribution in [-0.4, -0.2) is 19.4 Å². The Labute approximate surface area is 56.0 Å². The number of rotatable bonds is 0. The summed E-state index contributed by atoms with van der Waals surface area (Å²) in [7, 11) is 1.90. The fraction of sp³-hybridized carbons (Fsp3) is 0.833. The predicted molar refractivity (Wildman–Crippen MR) is 37.1 cm³/mol. The number of carbonyl (C=O) groups is 1.